The molecule has 2 heterocycles. The molecule has 4 aromatic rings. The summed E-state index contributed by atoms with van der Waals surface area (Å²) in [5.74, 6) is -1.28. The molecule has 2 aromatic heterocycles. The third kappa shape index (κ3) is 2.94. The van der Waals surface area contributed by atoms with Crippen molar-refractivity contribution >= 4 is 44.1 Å². The minimum atomic E-state index is -4.39. The van der Waals surface area contributed by atoms with Gasteiger partial charge in [0.25, 0.3) is 10.1 Å². The van der Waals surface area contributed by atoms with E-state index in [0.717, 1.165) is 11.6 Å². The number of rotatable bonds is 4. The van der Waals surface area contributed by atoms with Gasteiger partial charge in [0.1, 0.15) is 0 Å². The van der Waals surface area contributed by atoms with Crippen LogP contribution in [0.25, 0.3) is 16.7 Å². The van der Waals surface area contributed by atoms with Gasteiger partial charge in [-0.25, -0.2) is 9.31 Å². The molecule has 0 unspecified atom stereocenters. The molecule has 2 aromatic carbocycles. The van der Waals surface area contributed by atoms with E-state index in [1.807, 2.05) is 6.07 Å². The molecule has 0 saturated carbocycles. The Morgan fingerprint density at radius 3 is 2.63 bits per heavy atom. The number of hydrogen-bond donors (Lipinski definition) is 3. The van der Waals surface area contributed by atoms with Gasteiger partial charge in [0.05, 0.1) is 21.6 Å². The number of aromatic carboxylic acids is 1. The second-order valence-electron chi connectivity index (χ2n) is 5.58. The summed E-state index contributed by atoms with van der Waals surface area (Å²) in [5.41, 5.74) is 1.56. The molecule has 0 radical (unpaired) electrons. The molecule has 0 amide bonds. The minimum absolute atomic E-state index is 0.00374. The van der Waals surface area contributed by atoms with E-state index in [4.69, 9.17) is 4.55 Å². The fraction of sp³-hybridized carbons (Fsp3) is 0. The van der Waals surface area contributed by atoms with E-state index in [1.54, 1.807) is 18.2 Å². The van der Waals surface area contributed by atoms with Crippen molar-refractivity contribution in [3.63, 3.8) is 0 Å². The number of benzene rings is 2. The zero-order valence-corrected chi connectivity index (χ0v) is 14.3. The first kappa shape index (κ1) is 16.9. The molecule has 11 heteroatoms. The molecule has 0 aliphatic heterocycles. The Morgan fingerprint density at radius 2 is 1.89 bits per heavy atom. The number of aromatic amines is 1. The van der Waals surface area contributed by atoms with Crippen LogP contribution in [0.2, 0.25) is 0 Å². The summed E-state index contributed by atoms with van der Waals surface area (Å²) in [6.45, 7) is 0. The summed E-state index contributed by atoms with van der Waals surface area (Å²) in [7, 11) is -4.39. The van der Waals surface area contributed by atoms with Crippen molar-refractivity contribution in [3.05, 3.63) is 54.2 Å². The van der Waals surface area contributed by atoms with Crippen LogP contribution in [0.15, 0.2) is 63.7 Å². The molecule has 0 saturated heterocycles. The lowest BCUT2D eigenvalue weighted by atomic mass is 10.3. The highest BCUT2D eigenvalue weighted by Gasteiger charge is 2.21. The number of carboxylic acids is 1. The van der Waals surface area contributed by atoms with Gasteiger partial charge in [-0.2, -0.15) is 18.6 Å². The number of aromatic nitrogens is 3. The third-order valence-corrected chi connectivity index (χ3v) is 4.68. The summed E-state index contributed by atoms with van der Waals surface area (Å²) in [4.78, 5) is 14.2. The second-order valence-corrected chi connectivity index (χ2v) is 7.00. The van der Waals surface area contributed by atoms with Gasteiger partial charge in [-0.05, 0) is 30.3 Å². The zero-order chi connectivity index (χ0) is 19.2. The van der Waals surface area contributed by atoms with Crippen molar-refractivity contribution < 1.29 is 22.9 Å². The smallest absolute Gasteiger partial charge is 0.358 e. The van der Waals surface area contributed by atoms with E-state index in [9.17, 15) is 18.3 Å². The average Bonchev–Trinajstić information content (AvgIpc) is 3.16. The van der Waals surface area contributed by atoms with Crippen LogP contribution in [0.1, 0.15) is 10.5 Å². The van der Waals surface area contributed by atoms with Gasteiger partial charge in [-0.3, -0.25) is 4.55 Å². The van der Waals surface area contributed by atoms with E-state index in [-0.39, 0.29) is 22.0 Å². The SMILES string of the molecule is O=C(O)c1nn2c([nH]c3ccccc32)c1/N=N/c1cccc(S(=O)(=O)O)c1. The van der Waals surface area contributed by atoms with Crippen molar-refractivity contribution in [2.24, 2.45) is 10.2 Å². The molecule has 0 aliphatic rings. The molecule has 0 atom stereocenters. The van der Waals surface area contributed by atoms with Crippen molar-refractivity contribution in [2.75, 3.05) is 0 Å². The van der Waals surface area contributed by atoms with Crippen molar-refractivity contribution in [2.45, 2.75) is 4.90 Å². The number of imidazole rings is 1. The normalized spacial score (nSPS) is 12.3. The first-order valence-corrected chi connectivity index (χ1v) is 9.00. The lowest BCUT2D eigenvalue weighted by Crippen LogP contribution is -1.98. The quantitative estimate of drug-likeness (QED) is 0.363. The second kappa shape index (κ2) is 6.00. The number of nitrogens with zero attached hydrogens (tertiary/aromatic N) is 4. The fourth-order valence-corrected chi connectivity index (χ4v) is 3.16. The molecule has 3 N–H and O–H groups in total. The Labute approximate surface area is 151 Å². The summed E-state index contributed by atoms with van der Waals surface area (Å²) in [5, 5.41) is 21.3. The number of para-hydroxylation sites is 2. The summed E-state index contributed by atoms with van der Waals surface area (Å²) < 4.78 is 33.0. The van der Waals surface area contributed by atoms with Crippen molar-refractivity contribution in [1.29, 1.82) is 0 Å². The van der Waals surface area contributed by atoms with Crippen molar-refractivity contribution in [1.82, 2.24) is 14.6 Å². The molecule has 0 spiro atoms. The molecule has 136 valence electrons. The predicted octanol–water partition coefficient (Wildman–Crippen LogP) is 3.18. The number of nitrogens with one attached hydrogen (secondary N) is 1. The standard InChI is InChI=1S/C16H11N5O5S/c22-16(23)14-13(15-17-11-6-1-2-7-12(11)21(15)20-14)19-18-9-4-3-5-10(8-9)27(24,25)26/h1-8,17H,(H,22,23)(H,24,25,26)/b19-18+. The monoisotopic (exact) mass is 385 g/mol. The van der Waals surface area contributed by atoms with Gasteiger partial charge in [0.2, 0.25) is 0 Å². The van der Waals surface area contributed by atoms with E-state index in [0.29, 0.717) is 11.2 Å². The lowest BCUT2D eigenvalue weighted by Gasteiger charge is -1.97. The third-order valence-electron chi connectivity index (χ3n) is 3.83. The van der Waals surface area contributed by atoms with Gasteiger partial charge in [-0.1, -0.05) is 18.2 Å². The Bertz CT molecular complexity index is 1340. The summed E-state index contributed by atoms with van der Waals surface area (Å²) >= 11 is 0. The maximum absolute atomic E-state index is 11.5. The Balaban J connectivity index is 1.87. The maximum Gasteiger partial charge on any atom is 0.358 e. The van der Waals surface area contributed by atoms with Crippen LogP contribution in [0.3, 0.4) is 0 Å². The molecular weight excluding hydrogens is 374 g/mol. The van der Waals surface area contributed by atoms with Gasteiger partial charge in [-0.15, -0.1) is 5.11 Å². The molecule has 27 heavy (non-hydrogen) atoms. The molecule has 10 nitrogen and oxygen atoms in total. The zero-order valence-electron chi connectivity index (χ0n) is 13.4. The fourth-order valence-electron chi connectivity index (χ4n) is 2.64. The lowest BCUT2D eigenvalue weighted by molar-refractivity contribution is 0.0691. The largest absolute Gasteiger partial charge is 0.476 e. The average molecular weight is 385 g/mol. The van der Waals surface area contributed by atoms with Crippen LogP contribution in [-0.4, -0.2) is 38.6 Å². The summed E-state index contributed by atoms with van der Waals surface area (Å²) in [6.07, 6.45) is 0. The molecule has 0 aliphatic carbocycles. The molecule has 0 fully saturated rings. The number of fused-ring (bicyclic) bond motifs is 3. The Hall–Kier alpha value is -3.57. The van der Waals surface area contributed by atoms with Gasteiger partial charge in [0.15, 0.2) is 17.0 Å². The number of azo groups is 1. The Kier molecular flexibility index (Phi) is 3.75. The topological polar surface area (TPSA) is 149 Å². The van der Waals surface area contributed by atoms with E-state index in [2.05, 4.69) is 20.3 Å². The van der Waals surface area contributed by atoms with Crippen LogP contribution in [-0.2, 0) is 10.1 Å². The number of H-pyrrole nitrogens is 1. The first-order chi connectivity index (χ1) is 12.8. The van der Waals surface area contributed by atoms with Crippen LogP contribution in [0, 0.1) is 0 Å². The van der Waals surface area contributed by atoms with Crippen LogP contribution in [0.4, 0.5) is 11.4 Å². The van der Waals surface area contributed by atoms with Gasteiger partial charge >= 0.3 is 5.97 Å². The number of carbonyl (C=O) groups is 1. The first-order valence-electron chi connectivity index (χ1n) is 7.56. The van der Waals surface area contributed by atoms with E-state index >= 15 is 0 Å². The van der Waals surface area contributed by atoms with Crippen molar-refractivity contribution in [3.8, 4) is 0 Å². The van der Waals surface area contributed by atoms with E-state index in [1.165, 1.54) is 22.7 Å². The molecule has 0 bridgehead atoms. The number of carboxylic acid groups (broad SMARTS) is 1. The van der Waals surface area contributed by atoms with Crippen LogP contribution in [0.5, 0.6) is 0 Å². The maximum atomic E-state index is 11.5. The van der Waals surface area contributed by atoms with Crippen LogP contribution < -0.4 is 0 Å². The number of hydrogen-bond acceptors (Lipinski definition) is 6. The highest BCUT2D eigenvalue weighted by atomic mass is 32.2. The highest BCUT2D eigenvalue weighted by Crippen LogP contribution is 2.30. The molecule has 4 rings (SSSR count). The highest BCUT2D eigenvalue weighted by molar-refractivity contribution is 7.85. The van der Waals surface area contributed by atoms with Gasteiger partial charge in [0, 0.05) is 0 Å². The molecular formula is C16H11N5O5S. The van der Waals surface area contributed by atoms with Gasteiger partial charge < -0.3 is 10.1 Å². The Morgan fingerprint density at radius 1 is 1.11 bits per heavy atom. The summed E-state index contributed by atoms with van der Waals surface area (Å²) in [6, 6.07) is 12.3. The van der Waals surface area contributed by atoms with Crippen LogP contribution >= 0.6 is 0 Å². The predicted molar refractivity (Wildman–Crippen MR) is 94.4 cm³/mol. The minimum Gasteiger partial charge on any atom is -0.476 e. The van der Waals surface area contributed by atoms with E-state index < -0.39 is 16.1 Å².